The predicted molar refractivity (Wildman–Crippen MR) is 126 cm³/mol. The summed E-state index contributed by atoms with van der Waals surface area (Å²) in [7, 11) is -6.64. The molecule has 0 aliphatic rings. The molecule has 0 unspecified atom stereocenters. The number of rotatable bonds is 15. The Hall–Kier alpha value is -1.46. The largest absolute Gasteiger partial charge is 0.489 e. The summed E-state index contributed by atoms with van der Waals surface area (Å²) in [5, 5.41) is 0. The fourth-order valence-corrected chi connectivity index (χ4v) is 6.57. The van der Waals surface area contributed by atoms with Crippen LogP contribution >= 0.6 is 15.2 Å². The minimum absolute atomic E-state index is 0.0811. The lowest BCUT2D eigenvalue weighted by molar-refractivity contribution is 0.218. The minimum atomic E-state index is -3.32. The number of hydrogen-bond acceptors (Lipinski definition) is 7. The molecule has 2 rings (SSSR count). The van der Waals surface area contributed by atoms with Crippen LogP contribution in [0.5, 0.6) is 5.75 Å². The lowest BCUT2D eigenvalue weighted by atomic mass is 10.1. The summed E-state index contributed by atoms with van der Waals surface area (Å²) in [4.78, 5) is 0. The highest BCUT2D eigenvalue weighted by molar-refractivity contribution is 7.53. The van der Waals surface area contributed by atoms with E-state index in [-0.39, 0.29) is 38.8 Å². The first kappa shape index (κ1) is 26.8. The fraction of sp³-hybridized carbons (Fsp3) is 0.478. The van der Waals surface area contributed by atoms with Gasteiger partial charge in [0.1, 0.15) is 12.4 Å². The third-order valence-corrected chi connectivity index (χ3v) is 8.44. The van der Waals surface area contributed by atoms with Crippen molar-refractivity contribution in [2.75, 3.05) is 26.4 Å². The molecule has 0 amide bonds. The first-order valence-electron chi connectivity index (χ1n) is 10.9. The highest BCUT2D eigenvalue weighted by Gasteiger charge is 2.27. The van der Waals surface area contributed by atoms with E-state index < -0.39 is 15.2 Å². The van der Waals surface area contributed by atoms with Crippen molar-refractivity contribution in [2.24, 2.45) is 0 Å². The van der Waals surface area contributed by atoms with Gasteiger partial charge in [-0.3, -0.25) is 9.13 Å². The maximum absolute atomic E-state index is 13.1. The summed E-state index contributed by atoms with van der Waals surface area (Å²) in [6.45, 7) is 8.57. The van der Waals surface area contributed by atoms with Crippen molar-refractivity contribution in [3.05, 3.63) is 65.2 Å². The van der Waals surface area contributed by atoms with Gasteiger partial charge in [0.15, 0.2) is 0 Å². The van der Waals surface area contributed by atoms with E-state index in [0.717, 1.165) is 5.56 Å². The molecule has 7 nitrogen and oxygen atoms in total. The van der Waals surface area contributed by atoms with Gasteiger partial charge in [-0.2, -0.15) is 0 Å². The summed E-state index contributed by atoms with van der Waals surface area (Å²) in [5.74, 6) is 0.570. The third kappa shape index (κ3) is 8.82. The zero-order chi connectivity index (χ0) is 23.5. The molecule has 0 atom stereocenters. The van der Waals surface area contributed by atoms with E-state index in [2.05, 4.69) is 0 Å². The van der Waals surface area contributed by atoms with Crippen LogP contribution in [0.2, 0.25) is 0 Å². The smallest absolute Gasteiger partial charge is 0.335 e. The van der Waals surface area contributed by atoms with Gasteiger partial charge in [-0.25, -0.2) is 0 Å². The summed E-state index contributed by atoms with van der Waals surface area (Å²) >= 11 is 0. The van der Waals surface area contributed by atoms with E-state index in [9.17, 15) is 9.13 Å². The van der Waals surface area contributed by atoms with Crippen molar-refractivity contribution in [1.29, 1.82) is 0 Å². The molecule has 0 saturated heterocycles. The zero-order valence-corrected chi connectivity index (χ0v) is 21.1. The molecule has 0 spiro atoms. The fourth-order valence-electron chi connectivity index (χ4n) is 3.23. The molecule has 0 heterocycles. The molecule has 2 aromatic rings. The van der Waals surface area contributed by atoms with Crippen LogP contribution in [-0.4, -0.2) is 26.4 Å². The Balaban J connectivity index is 2.35. The van der Waals surface area contributed by atoms with Gasteiger partial charge in [0.05, 0.1) is 38.8 Å². The Labute approximate surface area is 191 Å². The first-order chi connectivity index (χ1) is 15.3. The summed E-state index contributed by atoms with van der Waals surface area (Å²) in [6.07, 6.45) is 0.162. The molecule has 32 heavy (non-hydrogen) atoms. The highest BCUT2D eigenvalue weighted by atomic mass is 31.2. The normalized spacial score (nSPS) is 12.1. The number of ether oxygens (including phenoxy) is 1. The van der Waals surface area contributed by atoms with Gasteiger partial charge in [0.25, 0.3) is 0 Å². The molecule has 0 aliphatic heterocycles. The Bertz CT molecular complexity index is 848. The van der Waals surface area contributed by atoms with E-state index in [0.29, 0.717) is 23.5 Å². The molecule has 178 valence electrons. The van der Waals surface area contributed by atoms with Gasteiger partial charge in [-0.05, 0) is 56.5 Å². The predicted octanol–water partition coefficient (Wildman–Crippen LogP) is 6.80. The van der Waals surface area contributed by atoms with Crippen LogP contribution in [0.1, 0.15) is 44.4 Å². The minimum Gasteiger partial charge on any atom is -0.489 e. The first-order valence-corrected chi connectivity index (χ1v) is 14.4. The van der Waals surface area contributed by atoms with Gasteiger partial charge < -0.3 is 22.8 Å². The van der Waals surface area contributed by atoms with Crippen molar-refractivity contribution in [2.45, 2.75) is 46.6 Å². The van der Waals surface area contributed by atoms with Gasteiger partial charge in [-0.15, -0.1) is 0 Å². The second-order valence-corrected chi connectivity index (χ2v) is 11.1. The number of benzene rings is 2. The van der Waals surface area contributed by atoms with Crippen molar-refractivity contribution in [3.63, 3.8) is 0 Å². The van der Waals surface area contributed by atoms with Crippen molar-refractivity contribution < 1.29 is 32.0 Å². The maximum atomic E-state index is 13.1. The quantitative estimate of drug-likeness (QED) is 0.257. The molecule has 0 saturated carbocycles. The zero-order valence-electron chi connectivity index (χ0n) is 19.3. The molecule has 0 aromatic heterocycles. The summed E-state index contributed by atoms with van der Waals surface area (Å²) < 4.78 is 54.0. The SMILES string of the molecule is CCOP(=O)(Cc1cc(CP(=O)(OCC)OCC)cc(OCc2ccccc2)c1)OCC. The summed E-state index contributed by atoms with van der Waals surface area (Å²) in [5.41, 5.74) is 2.42. The summed E-state index contributed by atoms with van der Waals surface area (Å²) in [6, 6.07) is 15.2. The highest BCUT2D eigenvalue weighted by Crippen LogP contribution is 2.53. The Morgan fingerprint density at radius 1 is 0.625 bits per heavy atom. The maximum Gasteiger partial charge on any atom is 0.335 e. The van der Waals surface area contributed by atoms with Gasteiger partial charge in [0.2, 0.25) is 0 Å². The third-order valence-electron chi connectivity index (χ3n) is 4.33. The van der Waals surface area contributed by atoms with Crippen LogP contribution in [-0.2, 0) is 46.2 Å². The monoisotopic (exact) mass is 484 g/mol. The van der Waals surface area contributed by atoms with Gasteiger partial charge >= 0.3 is 15.2 Å². The molecule has 0 radical (unpaired) electrons. The lowest BCUT2D eigenvalue weighted by Gasteiger charge is -2.20. The lowest BCUT2D eigenvalue weighted by Crippen LogP contribution is -2.03. The van der Waals surface area contributed by atoms with Crippen LogP contribution in [0, 0.1) is 0 Å². The van der Waals surface area contributed by atoms with Crippen molar-refractivity contribution in [3.8, 4) is 5.75 Å². The molecule has 9 heteroatoms. The van der Waals surface area contributed by atoms with E-state index in [4.69, 9.17) is 22.8 Å². The molecule has 0 fully saturated rings. The molecular weight excluding hydrogens is 450 g/mol. The average Bonchev–Trinajstić information content (AvgIpc) is 2.73. The molecule has 0 N–H and O–H groups in total. The van der Waals surface area contributed by atoms with Crippen LogP contribution in [0.25, 0.3) is 0 Å². The molecular formula is C23H34O7P2. The van der Waals surface area contributed by atoms with Crippen molar-refractivity contribution in [1.82, 2.24) is 0 Å². The van der Waals surface area contributed by atoms with Crippen LogP contribution in [0.3, 0.4) is 0 Å². The Morgan fingerprint density at radius 2 is 1.06 bits per heavy atom. The van der Waals surface area contributed by atoms with E-state index in [1.165, 1.54) is 0 Å². The van der Waals surface area contributed by atoms with E-state index >= 15 is 0 Å². The van der Waals surface area contributed by atoms with Crippen LogP contribution in [0.15, 0.2) is 48.5 Å². The Kier molecular flexibility index (Phi) is 11.1. The van der Waals surface area contributed by atoms with Crippen LogP contribution in [0.4, 0.5) is 0 Å². The number of hydrogen-bond donors (Lipinski definition) is 0. The second-order valence-electron chi connectivity index (χ2n) is 6.97. The second kappa shape index (κ2) is 13.3. The van der Waals surface area contributed by atoms with Gasteiger partial charge in [0, 0.05) is 0 Å². The Morgan fingerprint density at radius 3 is 1.47 bits per heavy atom. The van der Waals surface area contributed by atoms with Crippen molar-refractivity contribution >= 4 is 15.2 Å². The van der Waals surface area contributed by atoms with E-state index in [1.54, 1.807) is 27.7 Å². The van der Waals surface area contributed by atoms with E-state index in [1.807, 2.05) is 48.5 Å². The average molecular weight is 484 g/mol. The molecule has 0 bridgehead atoms. The molecule has 0 aliphatic carbocycles. The standard InChI is InChI=1S/C23H34O7P2/c1-5-27-31(24,28-6-2)18-21-14-22(19-32(25,29-7-3)30-8-4)16-23(15-21)26-17-20-12-10-9-11-13-20/h9-16H,5-8,17-19H2,1-4H3. The van der Waals surface area contributed by atoms with Gasteiger partial charge in [-0.1, -0.05) is 36.4 Å². The molecule has 2 aromatic carbocycles. The van der Waals surface area contributed by atoms with Crippen LogP contribution < -0.4 is 4.74 Å². The topological polar surface area (TPSA) is 80.3 Å².